The zero-order valence-electron chi connectivity index (χ0n) is 9.29. The van der Waals surface area contributed by atoms with E-state index >= 15 is 0 Å². The predicted molar refractivity (Wildman–Crippen MR) is 67.1 cm³/mol. The van der Waals surface area contributed by atoms with Gasteiger partial charge in [-0.1, -0.05) is 41.1 Å². The number of halogens is 1. The lowest BCUT2D eigenvalue weighted by atomic mass is 10.1. The van der Waals surface area contributed by atoms with Crippen molar-refractivity contribution in [3.8, 4) is 0 Å². The van der Waals surface area contributed by atoms with Crippen LogP contribution in [0.3, 0.4) is 0 Å². The molecule has 0 heterocycles. The fourth-order valence-electron chi connectivity index (χ4n) is 1.50. The van der Waals surface area contributed by atoms with Crippen LogP contribution in [-0.4, -0.2) is 20.3 Å². The summed E-state index contributed by atoms with van der Waals surface area (Å²) in [7, 11) is 1.73. The zero-order valence-corrected chi connectivity index (χ0v) is 10.9. The van der Waals surface area contributed by atoms with E-state index in [9.17, 15) is 0 Å². The van der Waals surface area contributed by atoms with Gasteiger partial charge in [0, 0.05) is 11.6 Å². The average Bonchev–Trinajstić information content (AvgIpc) is 2.25. The molecule has 1 aromatic rings. The summed E-state index contributed by atoms with van der Waals surface area (Å²) in [6, 6.07) is 8.53. The molecule has 1 unspecified atom stereocenters. The fraction of sp³-hybridized carbons (Fsp3) is 0.500. The summed E-state index contributed by atoms with van der Waals surface area (Å²) in [6.45, 7) is 3.87. The molecule has 0 aliphatic heterocycles. The third-order valence-corrected chi connectivity index (χ3v) is 2.98. The van der Waals surface area contributed by atoms with Crippen LogP contribution in [0.15, 0.2) is 28.7 Å². The second-order valence-corrected chi connectivity index (χ2v) is 4.34. The topological polar surface area (TPSA) is 21.3 Å². The van der Waals surface area contributed by atoms with Crippen LogP contribution in [-0.2, 0) is 4.74 Å². The highest BCUT2D eigenvalue weighted by Crippen LogP contribution is 2.23. The molecule has 0 amide bonds. The molecule has 0 radical (unpaired) electrons. The highest BCUT2D eigenvalue weighted by Gasteiger charge is 2.12. The van der Waals surface area contributed by atoms with E-state index in [2.05, 4.69) is 46.4 Å². The molecule has 0 spiro atoms. The Balaban J connectivity index is 2.74. The lowest BCUT2D eigenvalue weighted by molar-refractivity contribution is 0.167. The third kappa shape index (κ3) is 3.93. The summed E-state index contributed by atoms with van der Waals surface area (Å²) < 4.78 is 6.36. The van der Waals surface area contributed by atoms with Crippen LogP contribution in [0.4, 0.5) is 0 Å². The van der Waals surface area contributed by atoms with Crippen LogP contribution in [0.5, 0.6) is 0 Å². The Morgan fingerprint density at radius 2 is 2.13 bits per heavy atom. The van der Waals surface area contributed by atoms with Crippen LogP contribution in [0, 0.1) is 0 Å². The summed E-state index contributed by atoms with van der Waals surface area (Å²) in [5.74, 6) is 0. The number of rotatable bonds is 6. The van der Waals surface area contributed by atoms with Crippen molar-refractivity contribution in [3.63, 3.8) is 0 Å². The van der Waals surface area contributed by atoms with Crippen molar-refractivity contribution < 1.29 is 4.74 Å². The molecular weight excluding hydrogens is 254 g/mol. The summed E-state index contributed by atoms with van der Waals surface area (Å²) in [5, 5.41) is 3.47. The second-order valence-electron chi connectivity index (χ2n) is 3.48. The molecule has 1 rings (SSSR count). The smallest absolute Gasteiger partial charge is 0.0658 e. The predicted octanol–water partition coefficient (Wildman–Crippen LogP) is 3.14. The molecule has 1 aromatic carbocycles. The molecule has 0 aliphatic rings. The molecule has 0 bridgehead atoms. The Labute approximate surface area is 100 Å². The van der Waals surface area contributed by atoms with E-state index in [1.807, 2.05) is 6.07 Å². The van der Waals surface area contributed by atoms with E-state index in [-0.39, 0.29) is 6.04 Å². The van der Waals surface area contributed by atoms with Gasteiger partial charge in [-0.3, -0.25) is 0 Å². The van der Waals surface area contributed by atoms with Crippen molar-refractivity contribution in [1.82, 2.24) is 5.32 Å². The second kappa shape index (κ2) is 6.99. The SMILES string of the molecule is CCCNC(COC)c1ccccc1Br. The van der Waals surface area contributed by atoms with Gasteiger partial charge in [0.25, 0.3) is 0 Å². The van der Waals surface area contributed by atoms with Gasteiger partial charge in [0.05, 0.1) is 12.6 Å². The minimum absolute atomic E-state index is 0.269. The molecule has 0 aromatic heterocycles. The Hall–Kier alpha value is -0.380. The van der Waals surface area contributed by atoms with E-state index in [1.54, 1.807) is 7.11 Å². The number of hydrogen-bond acceptors (Lipinski definition) is 2. The summed E-state index contributed by atoms with van der Waals surface area (Å²) in [4.78, 5) is 0. The maximum absolute atomic E-state index is 5.23. The highest BCUT2D eigenvalue weighted by atomic mass is 79.9. The largest absolute Gasteiger partial charge is 0.383 e. The molecule has 1 N–H and O–H groups in total. The molecule has 1 atom stereocenters. The maximum Gasteiger partial charge on any atom is 0.0658 e. The van der Waals surface area contributed by atoms with Gasteiger partial charge in [0.1, 0.15) is 0 Å². The molecular formula is C12H18BrNO. The van der Waals surface area contributed by atoms with Gasteiger partial charge in [-0.05, 0) is 24.6 Å². The van der Waals surface area contributed by atoms with Gasteiger partial charge in [-0.2, -0.15) is 0 Å². The van der Waals surface area contributed by atoms with Crippen molar-refractivity contribution in [2.24, 2.45) is 0 Å². The van der Waals surface area contributed by atoms with Crippen LogP contribution in [0.1, 0.15) is 24.9 Å². The Bertz CT molecular complexity index is 291. The maximum atomic E-state index is 5.23. The Kier molecular flexibility index (Phi) is 5.91. The number of benzene rings is 1. The standard InChI is InChI=1S/C12H18BrNO/c1-3-8-14-12(9-15-2)10-6-4-5-7-11(10)13/h4-7,12,14H,3,8-9H2,1-2H3. The van der Waals surface area contributed by atoms with Crippen LogP contribution in [0.2, 0.25) is 0 Å². The average molecular weight is 272 g/mol. The van der Waals surface area contributed by atoms with E-state index in [0.717, 1.165) is 17.4 Å². The molecule has 84 valence electrons. The number of methoxy groups -OCH3 is 1. The minimum atomic E-state index is 0.269. The van der Waals surface area contributed by atoms with E-state index < -0.39 is 0 Å². The molecule has 0 saturated carbocycles. The van der Waals surface area contributed by atoms with Gasteiger partial charge in [0.2, 0.25) is 0 Å². The normalized spacial score (nSPS) is 12.7. The van der Waals surface area contributed by atoms with E-state index in [0.29, 0.717) is 6.61 Å². The lowest BCUT2D eigenvalue weighted by Gasteiger charge is -2.19. The lowest BCUT2D eigenvalue weighted by Crippen LogP contribution is -2.26. The number of ether oxygens (including phenoxy) is 1. The monoisotopic (exact) mass is 271 g/mol. The highest BCUT2D eigenvalue weighted by molar-refractivity contribution is 9.10. The van der Waals surface area contributed by atoms with Crippen molar-refractivity contribution in [2.75, 3.05) is 20.3 Å². The number of hydrogen-bond donors (Lipinski definition) is 1. The minimum Gasteiger partial charge on any atom is -0.383 e. The van der Waals surface area contributed by atoms with Crippen molar-refractivity contribution in [1.29, 1.82) is 0 Å². The molecule has 0 aliphatic carbocycles. The van der Waals surface area contributed by atoms with Gasteiger partial charge in [0.15, 0.2) is 0 Å². The van der Waals surface area contributed by atoms with E-state index in [1.165, 1.54) is 5.56 Å². The third-order valence-electron chi connectivity index (χ3n) is 2.25. The van der Waals surface area contributed by atoms with Crippen LogP contribution < -0.4 is 5.32 Å². The quantitative estimate of drug-likeness (QED) is 0.859. The molecule has 15 heavy (non-hydrogen) atoms. The zero-order chi connectivity index (χ0) is 11.1. The summed E-state index contributed by atoms with van der Waals surface area (Å²) >= 11 is 3.56. The molecule has 2 nitrogen and oxygen atoms in total. The summed E-state index contributed by atoms with van der Waals surface area (Å²) in [5.41, 5.74) is 1.26. The van der Waals surface area contributed by atoms with Crippen molar-refractivity contribution in [3.05, 3.63) is 34.3 Å². The first-order chi connectivity index (χ1) is 7.29. The van der Waals surface area contributed by atoms with E-state index in [4.69, 9.17) is 4.74 Å². The fourth-order valence-corrected chi connectivity index (χ4v) is 2.06. The Morgan fingerprint density at radius 3 is 2.73 bits per heavy atom. The Morgan fingerprint density at radius 1 is 1.40 bits per heavy atom. The first-order valence-electron chi connectivity index (χ1n) is 5.26. The number of nitrogens with one attached hydrogen (secondary N) is 1. The van der Waals surface area contributed by atoms with Crippen LogP contribution >= 0.6 is 15.9 Å². The van der Waals surface area contributed by atoms with Crippen molar-refractivity contribution >= 4 is 15.9 Å². The van der Waals surface area contributed by atoms with Crippen LogP contribution in [0.25, 0.3) is 0 Å². The van der Waals surface area contributed by atoms with Gasteiger partial charge in [-0.15, -0.1) is 0 Å². The summed E-state index contributed by atoms with van der Waals surface area (Å²) in [6.07, 6.45) is 1.13. The van der Waals surface area contributed by atoms with Gasteiger partial charge in [-0.25, -0.2) is 0 Å². The molecule has 0 fully saturated rings. The first kappa shape index (κ1) is 12.7. The molecule has 3 heteroatoms. The molecule has 0 saturated heterocycles. The van der Waals surface area contributed by atoms with Gasteiger partial charge < -0.3 is 10.1 Å². The first-order valence-corrected chi connectivity index (χ1v) is 6.05. The van der Waals surface area contributed by atoms with Gasteiger partial charge >= 0.3 is 0 Å². The van der Waals surface area contributed by atoms with Crippen molar-refractivity contribution in [2.45, 2.75) is 19.4 Å².